The fourth-order valence-corrected chi connectivity index (χ4v) is 4.11. The standard InChI is InChI=1S/C20H31N3O5/c1-12(25)14-8-6-7-13(9-14)10-15-16(21)18(2,22-17(26)23(4)5)19(3,27)20(15,28)11-24/h6-9,15-16,24,27-28H,10-11,21H2,1-5H3,(H,22,26)/t15-,16-,18-,19+,20+/m0/s1. The molecule has 0 radical (unpaired) electrons. The van der Waals surface area contributed by atoms with E-state index in [9.17, 15) is 24.9 Å². The third kappa shape index (κ3) is 3.30. The van der Waals surface area contributed by atoms with E-state index in [0.717, 1.165) is 5.56 Å². The highest BCUT2D eigenvalue weighted by atomic mass is 16.4. The normalized spacial score (nSPS) is 34.9. The number of rotatable bonds is 5. The van der Waals surface area contributed by atoms with Gasteiger partial charge < -0.3 is 31.3 Å². The summed E-state index contributed by atoms with van der Waals surface area (Å²) in [6, 6.07) is 5.57. The number of amides is 2. The van der Waals surface area contributed by atoms with Crippen molar-refractivity contribution in [1.82, 2.24) is 10.2 Å². The summed E-state index contributed by atoms with van der Waals surface area (Å²) in [4.78, 5) is 25.3. The number of aliphatic hydroxyl groups excluding tert-OH is 1. The molecule has 1 aliphatic rings. The highest BCUT2D eigenvalue weighted by molar-refractivity contribution is 5.94. The molecule has 1 saturated carbocycles. The quantitative estimate of drug-likeness (QED) is 0.443. The van der Waals surface area contributed by atoms with E-state index in [1.165, 1.54) is 18.7 Å². The largest absolute Gasteiger partial charge is 0.393 e. The molecule has 0 aliphatic heterocycles. The maximum atomic E-state index is 12.3. The minimum absolute atomic E-state index is 0.0925. The van der Waals surface area contributed by atoms with Gasteiger partial charge in [0.25, 0.3) is 0 Å². The molecule has 1 aromatic rings. The molecule has 28 heavy (non-hydrogen) atoms. The van der Waals surface area contributed by atoms with Gasteiger partial charge in [0.2, 0.25) is 0 Å². The first-order valence-electron chi connectivity index (χ1n) is 9.22. The van der Waals surface area contributed by atoms with Crippen molar-refractivity contribution in [3.8, 4) is 0 Å². The number of carbonyl (C=O) groups is 2. The van der Waals surface area contributed by atoms with Crippen molar-refractivity contribution in [2.45, 2.75) is 50.0 Å². The van der Waals surface area contributed by atoms with Gasteiger partial charge in [-0.3, -0.25) is 4.79 Å². The summed E-state index contributed by atoms with van der Waals surface area (Å²) in [5.74, 6) is -0.868. The molecule has 2 rings (SSSR count). The second kappa shape index (κ2) is 7.44. The van der Waals surface area contributed by atoms with Crippen molar-refractivity contribution in [2.24, 2.45) is 11.7 Å². The summed E-state index contributed by atoms with van der Waals surface area (Å²) in [5, 5.41) is 35.2. The summed E-state index contributed by atoms with van der Waals surface area (Å²) >= 11 is 0. The van der Waals surface area contributed by atoms with Crippen molar-refractivity contribution < 1.29 is 24.9 Å². The lowest BCUT2D eigenvalue weighted by atomic mass is 9.76. The molecule has 0 bridgehead atoms. The third-order valence-corrected chi connectivity index (χ3v) is 6.37. The van der Waals surface area contributed by atoms with Gasteiger partial charge in [0.1, 0.15) is 11.2 Å². The van der Waals surface area contributed by atoms with Gasteiger partial charge in [0.05, 0.1) is 12.1 Å². The average Bonchev–Trinajstić information content (AvgIpc) is 2.73. The Morgan fingerprint density at radius 1 is 1.25 bits per heavy atom. The number of aliphatic hydroxyl groups is 3. The Morgan fingerprint density at radius 2 is 1.86 bits per heavy atom. The van der Waals surface area contributed by atoms with Crippen molar-refractivity contribution in [3.05, 3.63) is 35.4 Å². The Bertz CT molecular complexity index is 766. The molecule has 0 spiro atoms. The number of hydrogen-bond acceptors (Lipinski definition) is 6. The zero-order chi connectivity index (χ0) is 21.5. The first-order chi connectivity index (χ1) is 12.8. The van der Waals surface area contributed by atoms with Crippen LogP contribution in [-0.4, -0.2) is 75.5 Å². The Morgan fingerprint density at radius 3 is 2.36 bits per heavy atom. The molecule has 0 aromatic heterocycles. The number of carbonyl (C=O) groups excluding carboxylic acids is 2. The second-order valence-electron chi connectivity index (χ2n) is 8.27. The number of hydrogen-bond donors (Lipinski definition) is 5. The molecule has 0 heterocycles. The van der Waals surface area contributed by atoms with Gasteiger partial charge in [-0.2, -0.15) is 0 Å². The van der Waals surface area contributed by atoms with Crippen LogP contribution in [0.25, 0.3) is 0 Å². The number of nitrogens with one attached hydrogen (secondary N) is 1. The second-order valence-corrected chi connectivity index (χ2v) is 8.27. The van der Waals surface area contributed by atoms with Crippen LogP contribution in [0.15, 0.2) is 24.3 Å². The summed E-state index contributed by atoms with van der Waals surface area (Å²) in [7, 11) is 3.10. The van der Waals surface area contributed by atoms with Crippen LogP contribution in [0, 0.1) is 5.92 Å². The van der Waals surface area contributed by atoms with E-state index < -0.39 is 41.3 Å². The fraction of sp³-hybridized carbons (Fsp3) is 0.600. The highest BCUT2D eigenvalue weighted by Crippen LogP contribution is 2.50. The summed E-state index contributed by atoms with van der Waals surface area (Å²) < 4.78 is 0. The highest BCUT2D eigenvalue weighted by Gasteiger charge is 2.71. The zero-order valence-corrected chi connectivity index (χ0v) is 17.1. The number of benzene rings is 1. The summed E-state index contributed by atoms with van der Waals surface area (Å²) in [5.41, 5.74) is 2.42. The molecule has 1 fully saturated rings. The Kier molecular flexibility index (Phi) is 5.92. The molecule has 0 saturated heterocycles. The van der Waals surface area contributed by atoms with E-state index in [-0.39, 0.29) is 12.2 Å². The van der Waals surface area contributed by atoms with E-state index in [1.54, 1.807) is 45.3 Å². The van der Waals surface area contributed by atoms with Crippen LogP contribution in [0.4, 0.5) is 4.79 Å². The predicted octanol–water partition coefficient (Wildman–Crippen LogP) is -0.107. The van der Waals surface area contributed by atoms with E-state index in [2.05, 4.69) is 5.32 Å². The lowest BCUT2D eigenvalue weighted by Crippen LogP contribution is -2.70. The first-order valence-corrected chi connectivity index (χ1v) is 9.22. The minimum atomic E-state index is -1.97. The molecular weight excluding hydrogens is 362 g/mol. The monoisotopic (exact) mass is 393 g/mol. The van der Waals surface area contributed by atoms with Crippen LogP contribution in [-0.2, 0) is 6.42 Å². The minimum Gasteiger partial charge on any atom is -0.393 e. The van der Waals surface area contributed by atoms with Crippen LogP contribution in [0.2, 0.25) is 0 Å². The SMILES string of the molecule is CC(=O)c1cccc(C[C@H]2[C@H](N)[C@](C)(NC(=O)N(C)C)[C@@](C)(O)[C@@]2(O)CO)c1. The molecule has 1 aromatic carbocycles. The van der Waals surface area contributed by atoms with E-state index >= 15 is 0 Å². The fourth-order valence-electron chi connectivity index (χ4n) is 4.11. The Labute approximate surface area is 165 Å². The maximum Gasteiger partial charge on any atom is 0.317 e. The molecule has 5 atom stereocenters. The third-order valence-electron chi connectivity index (χ3n) is 6.37. The smallest absolute Gasteiger partial charge is 0.317 e. The topological polar surface area (TPSA) is 136 Å². The predicted molar refractivity (Wildman–Crippen MR) is 105 cm³/mol. The van der Waals surface area contributed by atoms with Crippen molar-refractivity contribution in [3.63, 3.8) is 0 Å². The molecular formula is C20H31N3O5. The van der Waals surface area contributed by atoms with Crippen LogP contribution in [0.5, 0.6) is 0 Å². The number of Topliss-reactive ketones (excluding diaryl/α,β-unsaturated/α-hetero) is 1. The lowest BCUT2D eigenvalue weighted by molar-refractivity contribution is -0.180. The van der Waals surface area contributed by atoms with Crippen molar-refractivity contribution >= 4 is 11.8 Å². The van der Waals surface area contributed by atoms with Crippen molar-refractivity contribution in [1.29, 1.82) is 0 Å². The molecule has 8 nitrogen and oxygen atoms in total. The van der Waals surface area contributed by atoms with Crippen LogP contribution >= 0.6 is 0 Å². The molecule has 6 N–H and O–H groups in total. The number of nitrogens with zero attached hydrogens (tertiary/aromatic N) is 1. The molecule has 1 aliphatic carbocycles. The van der Waals surface area contributed by atoms with Gasteiger partial charge in [0.15, 0.2) is 5.78 Å². The van der Waals surface area contributed by atoms with E-state index in [4.69, 9.17) is 5.73 Å². The van der Waals surface area contributed by atoms with Gasteiger partial charge in [-0.25, -0.2) is 4.79 Å². The lowest BCUT2D eigenvalue weighted by Gasteiger charge is -2.45. The molecule has 156 valence electrons. The van der Waals surface area contributed by atoms with Crippen LogP contribution in [0.3, 0.4) is 0 Å². The van der Waals surface area contributed by atoms with E-state index in [0.29, 0.717) is 5.56 Å². The van der Waals surface area contributed by atoms with Crippen molar-refractivity contribution in [2.75, 3.05) is 20.7 Å². The van der Waals surface area contributed by atoms with Crippen LogP contribution in [0.1, 0.15) is 36.7 Å². The van der Waals surface area contributed by atoms with Gasteiger partial charge in [-0.05, 0) is 38.8 Å². The Hall–Kier alpha value is -2.00. The Balaban J connectivity index is 2.47. The molecule has 0 unspecified atom stereocenters. The number of ketones is 1. The van der Waals surface area contributed by atoms with Gasteiger partial charge in [-0.1, -0.05) is 18.2 Å². The van der Waals surface area contributed by atoms with Gasteiger partial charge in [0, 0.05) is 31.6 Å². The number of nitrogens with two attached hydrogens (primary N) is 1. The summed E-state index contributed by atoms with van der Waals surface area (Å²) in [6.45, 7) is 3.65. The van der Waals surface area contributed by atoms with Gasteiger partial charge >= 0.3 is 6.03 Å². The number of urea groups is 1. The average molecular weight is 393 g/mol. The van der Waals surface area contributed by atoms with Crippen LogP contribution < -0.4 is 11.1 Å². The summed E-state index contributed by atoms with van der Waals surface area (Å²) in [6.07, 6.45) is 0.211. The molecule has 2 amide bonds. The molecule has 8 heteroatoms. The van der Waals surface area contributed by atoms with E-state index in [1.807, 2.05) is 0 Å². The zero-order valence-electron chi connectivity index (χ0n) is 17.1. The maximum absolute atomic E-state index is 12.3. The van der Waals surface area contributed by atoms with Gasteiger partial charge in [-0.15, -0.1) is 0 Å². The first kappa shape index (κ1) is 22.3.